The summed E-state index contributed by atoms with van der Waals surface area (Å²) in [6.07, 6.45) is 2.71. The molecule has 4 heteroatoms. The van der Waals surface area contributed by atoms with E-state index < -0.39 is 0 Å². The molecule has 1 unspecified atom stereocenters. The van der Waals surface area contributed by atoms with Crippen LogP contribution in [0.25, 0.3) is 0 Å². The first-order valence-corrected chi connectivity index (χ1v) is 6.90. The average Bonchev–Trinajstić information content (AvgIpc) is 2.34. The van der Waals surface area contributed by atoms with Crippen LogP contribution >= 0.6 is 0 Å². The summed E-state index contributed by atoms with van der Waals surface area (Å²) in [5.74, 6) is 0.712. The molecule has 4 nitrogen and oxygen atoms in total. The first-order valence-electron chi connectivity index (χ1n) is 6.90. The smallest absolute Gasteiger partial charge is 0.225 e. The highest BCUT2D eigenvalue weighted by Crippen LogP contribution is 2.18. The fraction of sp³-hybridized carbons (Fsp3) is 0.857. The molecule has 2 amide bonds. The molecule has 0 aromatic rings. The first-order chi connectivity index (χ1) is 8.34. The van der Waals surface area contributed by atoms with Gasteiger partial charge in [0.2, 0.25) is 11.8 Å². The van der Waals surface area contributed by atoms with Crippen molar-refractivity contribution < 1.29 is 9.59 Å². The normalized spacial score (nSPS) is 20.7. The Labute approximate surface area is 110 Å². The van der Waals surface area contributed by atoms with Gasteiger partial charge in [0.15, 0.2) is 0 Å². The number of amides is 2. The molecule has 1 aliphatic heterocycles. The molecule has 1 atom stereocenters. The molecule has 1 N–H and O–H groups in total. The molecule has 0 aromatic carbocycles. The summed E-state index contributed by atoms with van der Waals surface area (Å²) in [7, 11) is 0. The highest BCUT2D eigenvalue weighted by molar-refractivity contribution is 5.81. The lowest BCUT2D eigenvalue weighted by Gasteiger charge is -2.33. The van der Waals surface area contributed by atoms with Crippen molar-refractivity contribution in [3.63, 3.8) is 0 Å². The van der Waals surface area contributed by atoms with Crippen LogP contribution in [0.4, 0.5) is 0 Å². The van der Waals surface area contributed by atoms with Crippen molar-refractivity contribution in [3.05, 3.63) is 0 Å². The largest absolute Gasteiger partial charge is 0.355 e. The second-order valence-electron chi connectivity index (χ2n) is 6.16. The standard InChI is InChI=1S/C14H26N2O2/c1-5-12(17)16-8-6-7-11(10-16)9-15-13(18)14(2,3)4/h11H,5-10H2,1-4H3,(H,15,18). The minimum atomic E-state index is -0.340. The van der Waals surface area contributed by atoms with E-state index in [0.717, 1.165) is 25.9 Å². The van der Waals surface area contributed by atoms with Crippen LogP contribution in [0.5, 0.6) is 0 Å². The Morgan fingerprint density at radius 1 is 1.33 bits per heavy atom. The molecule has 0 bridgehead atoms. The topological polar surface area (TPSA) is 49.4 Å². The fourth-order valence-electron chi connectivity index (χ4n) is 2.18. The molecule has 0 spiro atoms. The summed E-state index contributed by atoms with van der Waals surface area (Å²) < 4.78 is 0. The number of nitrogens with one attached hydrogen (secondary N) is 1. The molecule has 0 aromatic heterocycles. The predicted molar refractivity (Wildman–Crippen MR) is 72.1 cm³/mol. The van der Waals surface area contributed by atoms with Crippen molar-refractivity contribution in [2.75, 3.05) is 19.6 Å². The molecule has 1 heterocycles. The maximum Gasteiger partial charge on any atom is 0.225 e. The van der Waals surface area contributed by atoms with Gasteiger partial charge in [-0.2, -0.15) is 0 Å². The lowest BCUT2D eigenvalue weighted by atomic mass is 9.94. The van der Waals surface area contributed by atoms with E-state index in [0.29, 0.717) is 18.9 Å². The molecule has 0 aliphatic carbocycles. The van der Waals surface area contributed by atoms with Crippen LogP contribution in [0.2, 0.25) is 0 Å². The van der Waals surface area contributed by atoms with E-state index >= 15 is 0 Å². The Morgan fingerprint density at radius 3 is 2.56 bits per heavy atom. The van der Waals surface area contributed by atoms with Gasteiger partial charge in [-0.15, -0.1) is 0 Å². The van der Waals surface area contributed by atoms with Crippen LogP contribution in [-0.4, -0.2) is 36.3 Å². The zero-order valence-electron chi connectivity index (χ0n) is 12.1. The van der Waals surface area contributed by atoms with Crippen LogP contribution in [0, 0.1) is 11.3 Å². The molecular formula is C14H26N2O2. The Bertz CT molecular complexity index is 307. The van der Waals surface area contributed by atoms with Gasteiger partial charge in [0.05, 0.1) is 0 Å². The van der Waals surface area contributed by atoms with Crippen LogP contribution in [-0.2, 0) is 9.59 Å². The summed E-state index contributed by atoms with van der Waals surface area (Å²) in [5, 5.41) is 2.99. The number of hydrogen-bond donors (Lipinski definition) is 1. The summed E-state index contributed by atoms with van der Waals surface area (Å²) in [5.41, 5.74) is -0.340. The van der Waals surface area contributed by atoms with Crippen molar-refractivity contribution in [2.24, 2.45) is 11.3 Å². The second-order valence-corrected chi connectivity index (χ2v) is 6.16. The summed E-state index contributed by atoms with van der Waals surface area (Å²) in [6.45, 7) is 9.98. The number of hydrogen-bond acceptors (Lipinski definition) is 2. The van der Waals surface area contributed by atoms with Crippen molar-refractivity contribution >= 4 is 11.8 Å². The molecule has 18 heavy (non-hydrogen) atoms. The van der Waals surface area contributed by atoms with Gasteiger partial charge < -0.3 is 10.2 Å². The highest BCUT2D eigenvalue weighted by atomic mass is 16.2. The van der Waals surface area contributed by atoms with Crippen LogP contribution in [0.15, 0.2) is 0 Å². The van der Waals surface area contributed by atoms with Crippen molar-refractivity contribution in [3.8, 4) is 0 Å². The second kappa shape index (κ2) is 6.21. The zero-order valence-corrected chi connectivity index (χ0v) is 12.1. The molecule has 0 radical (unpaired) electrons. The Hall–Kier alpha value is -1.06. The van der Waals surface area contributed by atoms with Crippen molar-refractivity contribution in [1.82, 2.24) is 10.2 Å². The number of carbonyl (C=O) groups excluding carboxylic acids is 2. The van der Waals surface area contributed by atoms with Crippen LogP contribution < -0.4 is 5.32 Å². The number of nitrogens with zero attached hydrogens (tertiary/aromatic N) is 1. The van der Waals surface area contributed by atoms with E-state index in [4.69, 9.17) is 0 Å². The number of rotatable bonds is 3. The maximum absolute atomic E-state index is 11.8. The van der Waals surface area contributed by atoms with E-state index in [-0.39, 0.29) is 17.2 Å². The Kier molecular flexibility index (Phi) is 5.17. The lowest BCUT2D eigenvalue weighted by Crippen LogP contribution is -2.45. The minimum absolute atomic E-state index is 0.0847. The lowest BCUT2D eigenvalue weighted by molar-refractivity contribution is -0.132. The molecule has 0 saturated carbocycles. The average molecular weight is 254 g/mol. The van der Waals surface area contributed by atoms with Gasteiger partial charge >= 0.3 is 0 Å². The summed E-state index contributed by atoms with van der Waals surface area (Å²) in [6, 6.07) is 0. The van der Waals surface area contributed by atoms with Gasteiger partial charge in [0, 0.05) is 31.5 Å². The quantitative estimate of drug-likeness (QED) is 0.835. The monoisotopic (exact) mass is 254 g/mol. The summed E-state index contributed by atoms with van der Waals surface area (Å²) in [4.78, 5) is 25.4. The molecular weight excluding hydrogens is 228 g/mol. The maximum atomic E-state index is 11.8. The number of likely N-dealkylation sites (tertiary alicyclic amines) is 1. The third kappa shape index (κ3) is 4.31. The van der Waals surface area contributed by atoms with Gasteiger partial charge in [-0.1, -0.05) is 27.7 Å². The van der Waals surface area contributed by atoms with E-state index in [1.54, 1.807) is 0 Å². The third-order valence-electron chi connectivity index (χ3n) is 3.41. The number of carbonyl (C=O) groups is 2. The molecule has 1 fully saturated rings. The Balaban J connectivity index is 2.39. The van der Waals surface area contributed by atoms with Gasteiger partial charge in [-0.25, -0.2) is 0 Å². The van der Waals surface area contributed by atoms with Gasteiger partial charge in [-0.3, -0.25) is 9.59 Å². The Morgan fingerprint density at radius 2 is 2.00 bits per heavy atom. The third-order valence-corrected chi connectivity index (χ3v) is 3.41. The van der Waals surface area contributed by atoms with Crippen molar-refractivity contribution in [1.29, 1.82) is 0 Å². The van der Waals surface area contributed by atoms with Gasteiger partial charge in [0.1, 0.15) is 0 Å². The van der Waals surface area contributed by atoms with Crippen LogP contribution in [0.3, 0.4) is 0 Å². The van der Waals surface area contributed by atoms with E-state index in [1.165, 1.54) is 0 Å². The molecule has 1 saturated heterocycles. The number of piperidine rings is 1. The molecule has 1 rings (SSSR count). The SMILES string of the molecule is CCC(=O)N1CCCC(CNC(=O)C(C)(C)C)C1. The fourth-order valence-corrected chi connectivity index (χ4v) is 2.18. The molecule has 1 aliphatic rings. The van der Waals surface area contributed by atoms with E-state index in [9.17, 15) is 9.59 Å². The van der Waals surface area contributed by atoms with Crippen molar-refractivity contribution in [2.45, 2.75) is 47.0 Å². The van der Waals surface area contributed by atoms with Crippen LogP contribution in [0.1, 0.15) is 47.0 Å². The van der Waals surface area contributed by atoms with Gasteiger partial charge in [0.25, 0.3) is 0 Å². The predicted octanol–water partition coefficient (Wildman–Crippen LogP) is 1.80. The van der Waals surface area contributed by atoms with E-state index in [1.807, 2.05) is 32.6 Å². The zero-order chi connectivity index (χ0) is 13.8. The van der Waals surface area contributed by atoms with E-state index in [2.05, 4.69) is 5.32 Å². The van der Waals surface area contributed by atoms with Gasteiger partial charge in [-0.05, 0) is 18.8 Å². The summed E-state index contributed by atoms with van der Waals surface area (Å²) >= 11 is 0. The first kappa shape index (κ1) is 15.0. The molecule has 104 valence electrons. The highest BCUT2D eigenvalue weighted by Gasteiger charge is 2.25. The minimum Gasteiger partial charge on any atom is -0.355 e.